The molecule has 0 unspecified atom stereocenters. The number of aryl methyl sites for hydroxylation is 1. The Hall–Kier alpha value is -2.06. The molecule has 0 aliphatic carbocycles. The monoisotopic (exact) mass is 380 g/mol. The third-order valence-corrected chi connectivity index (χ3v) is 7.04. The lowest BCUT2D eigenvalue weighted by molar-refractivity contribution is -0.124. The second-order valence-corrected chi connectivity index (χ2v) is 9.59. The highest BCUT2D eigenvalue weighted by Crippen LogP contribution is 2.35. The minimum Gasteiger partial charge on any atom is -0.490 e. The van der Waals surface area contributed by atoms with Gasteiger partial charge in [0.25, 0.3) is 10.0 Å². The maximum atomic E-state index is 12.5. The largest absolute Gasteiger partial charge is 0.490 e. The van der Waals surface area contributed by atoms with Gasteiger partial charge >= 0.3 is 0 Å². The van der Waals surface area contributed by atoms with Gasteiger partial charge < -0.3 is 10.1 Å². The molecule has 134 valence electrons. The van der Waals surface area contributed by atoms with E-state index < -0.39 is 15.4 Å². The van der Waals surface area contributed by atoms with Gasteiger partial charge in [-0.15, -0.1) is 11.3 Å². The molecule has 8 heteroatoms. The smallest absolute Gasteiger partial charge is 0.271 e. The van der Waals surface area contributed by atoms with Gasteiger partial charge in [0.05, 0.1) is 16.8 Å². The Kier molecular flexibility index (Phi) is 4.51. The van der Waals surface area contributed by atoms with Gasteiger partial charge in [-0.25, -0.2) is 8.42 Å². The van der Waals surface area contributed by atoms with Crippen molar-refractivity contribution in [2.75, 3.05) is 16.6 Å². The number of nitrogens with one attached hydrogen (secondary N) is 2. The van der Waals surface area contributed by atoms with E-state index in [9.17, 15) is 13.2 Å². The van der Waals surface area contributed by atoms with Gasteiger partial charge in [0.1, 0.15) is 16.6 Å². The predicted octanol–water partition coefficient (Wildman–Crippen LogP) is 3.47. The van der Waals surface area contributed by atoms with Crippen molar-refractivity contribution in [3.63, 3.8) is 0 Å². The van der Waals surface area contributed by atoms with E-state index in [0.717, 1.165) is 11.3 Å². The van der Waals surface area contributed by atoms with Gasteiger partial charge in [0.15, 0.2) is 0 Å². The molecule has 0 saturated carbocycles. The molecule has 1 aromatic heterocycles. The van der Waals surface area contributed by atoms with Gasteiger partial charge in [-0.3, -0.25) is 9.52 Å². The lowest BCUT2D eigenvalue weighted by Gasteiger charge is -2.18. The molecule has 0 radical (unpaired) electrons. The number of amides is 1. The first-order valence-electron chi connectivity index (χ1n) is 7.91. The van der Waals surface area contributed by atoms with Crippen LogP contribution in [0.2, 0.25) is 0 Å². The first-order chi connectivity index (χ1) is 11.7. The van der Waals surface area contributed by atoms with Crippen molar-refractivity contribution >= 4 is 38.6 Å². The number of carbonyl (C=O) groups excluding carboxylic acids is 1. The number of thiophene rings is 1. The van der Waals surface area contributed by atoms with Crippen LogP contribution in [-0.4, -0.2) is 20.9 Å². The van der Waals surface area contributed by atoms with Crippen LogP contribution in [0.1, 0.15) is 25.6 Å². The van der Waals surface area contributed by atoms with Crippen LogP contribution >= 0.6 is 11.3 Å². The summed E-state index contributed by atoms with van der Waals surface area (Å²) >= 11 is 1.25. The maximum Gasteiger partial charge on any atom is 0.271 e. The number of anilines is 2. The zero-order valence-electron chi connectivity index (χ0n) is 14.3. The zero-order chi connectivity index (χ0) is 18.2. The highest BCUT2D eigenvalue weighted by atomic mass is 32.2. The Morgan fingerprint density at radius 1 is 1.28 bits per heavy atom. The molecule has 25 heavy (non-hydrogen) atoms. The van der Waals surface area contributed by atoms with Crippen LogP contribution in [-0.2, 0) is 21.2 Å². The van der Waals surface area contributed by atoms with Crippen molar-refractivity contribution in [2.45, 2.75) is 31.4 Å². The van der Waals surface area contributed by atoms with Crippen LogP contribution in [0.3, 0.4) is 0 Å². The van der Waals surface area contributed by atoms with Crippen LogP contribution in [0.5, 0.6) is 5.75 Å². The summed E-state index contributed by atoms with van der Waals surface area (Å²) in [5.41, 5.74) is 0.258. The molecule has 3 rings (SSSR count). The molecule has 0 spiro atoms. The molecule has 1 aromatic carbocycles. The average molecular weight is 380 g/mol. The van der Waals surface area contributed by atoms with Crippen molar-refractivity contribution in [3.05, 3.63) is 35.2 Å². The third kappa shape index (κ3) is 3.64. The second-order valence-electron chi connectivity index (χ2n) is 6.52. The second kappa shape index (κ2) is 6.34. The van der Waals surface area contributed by atoms with E-state index in [-0.39, 0.29) is 16.7 Å². The Bertz CT molecular complexity index is 916. The van der Waals surface area contributed by atoms with E-state index in [4.69, 9.17) is 4.74 Å². The van der Waals surface area contributed by atoms with E-state index in [1.54, 1.807) is 38.1 Å². The Balaban J connectivity index is 1.86. The Morgan fingerprint density at radius 3 is 2.72 bits per heavy atom. The van der Waals surface area contributed by atoms with Crippen LogP contribution in [0.25, 0.3) is 0 Å². The molecular formula is C17H20N2O4S2. The fraction of sp³-hybridized carbons (Fsp3) is 0.353. The van der Waals surface area contributed by atoms with E-state index in [0.29, 0.717) is 17.1 Å². The molecule has 1 aliphatic heterocycles. The molecule has 0 fully saturated rings. The predicted molar refractivity (Wildman–Crippen MR) is 98.9 cm³/mol. The molecule has 0 saturated heterocycles. The summed E-state index contributed by atoms with van der Waals surface area (Å²) in [6.45, 7) is 5.78. The average Bonchev–Trinajstić information content (AvgIpc) is 3.00. The normalized spacial score (nSPS) is 16.4. The lowest BCUT2D eigenvalue weighted by Crippen LogP contribution is -2.33. The van der Waals surface area contributed by atoms with Gasteiger partial charge in [-0.05, 0) is 44.5 Å². The Labute approximate surface area is 151 Å². The number of rotatable bonds is 4. The molecular weight excluding hydrogens is 360 g/mol. The number of carbonyl (C=O) groups is 1. The van der Waals surface area contributed by atoms with Crippen molar-refractivity contribution in [3.8, 4) is 5.75 Å². The van der Waals surface area contributed by atoms with Crippen LogP contribution in [0, 0.1) is 5.41 Å². The van der Waals surface area contributed by atoms with Gasteiger partial charge in [-0.2, -0.15) is 0 Å². The van der Waals surface area contributed by atoms with Gasteiger partial charge in [0, 0.05) is 10.9 Å². The van der Waals surface area contributed by atoms with Gasteiger partial charge in [-0.1, -0.05) is 6.92 Å². The SMILES string of the molecule is CCc1ccc(S(=O)(=O)Nc2ccc3c(c2)OCC(C)(C)C(=O)N3)s1. The summed E-state index contributed by atoms with van der Waals surface area (Å²) in [5, 5.41) is 2.81. The molecule has 6 nitrogen and oxygen atoms in total. The minimum atomic E-state index is -3.65. The fourth-order valence-corrected chi connectivity index (χ4v) is 4.67. The number of ether oxygens (including phenoxy) is 1. The first-order valence-corrected chi connectivity index (χ1v) is 10.2. The number of sulfonamides is 1. The summed E-state index contributed by atoms with van der Waals surface area (Å²) in [6, 6.07) is 8.25. The van der Waals surface area contributed by atoms with Crippen molar-refractivity contribution < 1.29 is 17.9 Å². The molecule has 2 aromatic rings. The third-order valence-electron chi connectivity index (χ3n) is 3.94. The summed E-state index contributed by atoms with van der Waals surface area (Å²) < 4.78 is 33.6. The molecule has 2 heterocycles. The molecule has 2 N–H and O–H groups in total. The number of fused-ring (bicyclic) bond motifs is 1. The fourth-order valence-electron chi connectivity index (χ4n) is 2.32. The van der Waals surface area contributed by atoms with Crippen LogP contribution in [0.15, 0.2) is 34.5 Å². The van der Waals surface area contributed by atoms with E-state index in [2.05, 4.69) is 10.0 Å². The summed E-state index contributed by atoms with van der Waals surface area (Å²) in [4.78, 5) is 13.1. The quantitative estimate of drug-likeness (QED) is 0.851. The van der Waals surface area contributed by atoms with Crippen LogP contribution in [0.4, 0.5) is 11.4 Å². The molecule has 0 bridgehead atoms. The summed E-state index contributed by atoms with van der Waals surface area (Å²) in [5.74, 6) is 0.310. The first kappa shape index (κ1) is 17.8. The molecule has 0 atom stereocenters. The van der Waals surface area contributed by atoms with E-state index >= 15 is 0 Å². The standard InChI is InChI=1S/C17H20N2O4S2/c1-4-12-6-8-15(24-12)25(21,22)19-11-5-7-13-14(9-11)23-10-17(2,3)16(20)18-13/h5-9,19H,4,10H2,1-3H3,(H,18,20). The van der Waals surface area contributed by atoms with Gasteiger partial charge in [0.2, 0.25) is 5.91 Å². The minimum absolute atomic E-state index is 0.134. The topological polar surface area (TPSA) is 84.5 Å². The van der Waals surface area contributed by atoms with Crippen LogP contribution < -0.4 is 14.8 Å². The highest BCUT2D eigenvalue weighted by molar-refractivity contribution is 7.94. The number of hydrogen-bond acceptors (Lipinski definition) is 5. The van der Waals surface area contributed by atoms with Crippen molar-refractivity contribution in [2.24, 2.45) is 5.41 Å². The number of benzene rings is 1. The zero-order valence-corrected chi connectivity index (χ0v) is 15.9. The van der Waals surface area contributed by atoms with E-state index in [1.165, 1.54) is 11.3 Å². The Morgan fingerprint density at radius 2 is 2.04 bits per heavy atom. The molecule has 1 amide bonds. The van der Waals surface area contributed by atoms with Crippen molar-refractivity contribution in [1.29, 1.82) is 0 Å². The molecule has 1 aliphatic rings. The van der Waals surface area contributed by atoms with Crippen molar-refractivity contribution in [1.82, 2.24) is 0 Å². The lowest BCUT2D eigenvalue weighted by atomic mass is 9.94. The maximum absolute atomic E-state index is 12.5. The summed E-state index contributed by atoms with van der Waals surface area (Å²) in [6.07, 6.45) is 0.794. The van der Waals surface area contributed by atoms with E-state index in [1.807, 2.05) is 13.0 Å². The highest BCUT2D eigenvalue weighted by Gasteiger charge is 2.32. The number of hydrogen-bond donors (Lipinski definition) is 2. The summed E-state index contributed by atoms with van der Waals surface area (Å²) in [7, 11) is -3.65.